The largest absolute Gasteiger partial charge is 0.418 e. The van der Waals surface area contributed by atoms with Crippen molar-refractivity contribution >= 4 is 34.7 Å². The first-order chi connectivity index (χ1) is 9.88. The molecule has 0 saturated heterocycles. The number of thiazole rings is 1. The zero-order valence-corrected chi connectivity index (χ0v) is 12.5. The monoisotopic (exact) mass is 332 g/mol. The van der Waals surface area contributed by atoms with E-state index in [1.807, 2.05) is 0 Å². The van der Waals surface area contributed by atoms with Gasteiger partial charge in [-0.2, -0.15) is 13.2 Å². The molecule has 0 radical (unpaired) electrons. The lowest BCUT2D eigenvalue weighted by atomic mass is 10.1. The summed E-state index contributed by atoms with van der Waals surface area (Å²) in [6.45, 7) is 1.62. The highest BCUT2D eigenvalue weighted by atomic mass is 32.2. The fourth-order valence-corrected chi connectivity index (χ4v) is 3.32. The molecule has 2 rings (SSSR count). The molecule has 21 heavy (non-hydrogen) atoms. The second kappa shape index (κ2) is 6.48. The van der Waals surface area contributed by atoms with Crippen molar-refractivity contribution in [3.05, 3.63) is 41.4 Å². The number of carbonyl (C=O) groups is 1. The van der Waals surface area contributed by atoms with E-state index in [9.17, 15) is 18.0 Å². The van der Waals surface area contributed by atoms with Crippen molar-refractivity contribution in [2.24, 2.45) is 0 Å². The van der Waals surface area contributed by atoms with Crippen LogP contribution in [0.1, 0.15) is 12.5 Å². The van der Waals surface area contributed by atoms with Gasteiger partial charge in [0.25, 0.3) is 0 Å². The van der Waals surface area contributed by atoms with E-state index in [0.29, 0.717) is 4.34 Å². The summed E-state index contributed by atoms with van der Waals surface area (Å²) in [5.74, 6) is -0.494. The van der Waals surface area contributed by atoms with Crippen LogP contribution in [-0.2, 0) is 11.0 Å². The van der Waals surface area contributed by atoms with E-state index >= 15 is 0 Å². The third-order valence-corrected chi connectivity index (χ3v) is 4.56. The maximum absolute atomic E-state index is 12.8. The van der Waals surface area contributed by atoms with E-state index in [-0.39, 0.29) is 5.69 Å². The molecule has 0 aliphatic rings. The summed E-state index contributed by atoms with van der Waals surface area (Å²) in [6.07, 6.45) is -2.90. The molecular weight excluding hydrogens is 321 g/mol. The van der Waals surface area contributed by atoms with Gasteiger partial charge < -0.3 is 5.32 Å². The first kappa shape index (κ1) is 15.8. The molecule has 1 heterocycles. The van der Waals surface area contributed by atoms with Crippen molar-refractivity contribution in [1.29, 1.82) is 0 Å². The lowest BCUT2D eigenvalue weighted by molar-refractivity contribution is -0.137. The Morgan fingerprint density at radius 3 is 2.71 bits per heavy atom. The molecular formula is C13H11F3N2OS2. The summed E-state index contributed by atoms with van der Waals surface area (Å²) in [4.78, 5) is 16.0. The van der Waals surface area contributed by atoms with Gasteiger partial charge in [0.2, 0.25) is 5.91 Å². The van der Waals surface area contributed by atoms with Crippen molar-refractivity contribution in [2.45, 2.75) is 22.7 Å². The van der Waals surface area contributed by atoms with E-state index in [2.05, 4.69) is 10.3 Å². The Hall–Kier alpha value is -1.54. The molecule has 1 aromatic heterocycles. The highest BCUT2D eigenvalue weighted by Gasteiger charge is 2.33. The number of anilines is 1. The molecule has 0 saturated carbocycles. The Labute approximate surface area is 127 Å². The molecule has 2 aromatic rings. The second-order valence-electron chi connectivity index (χ2n) is 4.09. The number of nitrogens with one attached hydrogen (secondary N) is 1. The van der Waals surface area contributed by atoms with Crippen molar-refractivity contribution in [1.82, 2.24) is 4.98 Å². The van der Waals surface area contributed by atoms with E-state index in [0.717, 1.165) is 6.07 Å². The minimum atomic E-state index is -4.50. The summed E-state index contributed by atoms with van der Waals surface area (Å²) in [7, 11) is 0. The first-order valence-corrected chi connectivity index (χ1v) is 7.67. The quantitative estimate of drug-likeness (QED) is 0.850. The Morgan fingerprint density at radius 2 is 2.10 bits per heavy atom. The van der Waals surface area contributed by atoms with Crippen LogP contribution < -0.4 is 5.32 Å². The molecule has 0 fully saturated rings. The topological polar surface area (TPSA) is 42.0 Å². The van der Waals surface area contributed by atoms with Crippen LogP contribution in [0.5, 0.6) is 0 Å². The van der Waals surface area contributed by atoms with Gasteiger partial charge in [-0.25, -0.2) is 4.98 Å². The average molecular weight is 332 g/mol. The highest BCUT2D eigenvalue weighted by molar-refractivity contribution is 8.02. The number of amides is 1. The maximum atomic E-state index is 12.8. The normalized spacial score (nSPS) is 13.0. The molecule has 0 aliphatic carbocycles. The third kappa shape index (κ3) is 4.21. The van der Waals surface area contributed by atoms with Crippen LogP contribution in [0.3, 0.4) is 0 Å². The highest BCUT2D eigenvalue weighted by Crippen LogP contribution is 2.35. The number of hydrogen-bond donors (Lipinski definition) is 1. The molecule has 0 bridgehead atoms. The number of para-hydroxylation sites is 1. The predicted molar refractivity (Wildman–Crippen MR) is 77.5 cm³/mol. The second-order valence-corrected chi connectivity index (χ2v) is 6.57. The lowest BCUT2D eigenvalue weighted by Gasteiger charge is -2.15. The minimum Gasteiger partial charge on any atom is -0.325 e. The molecule has 1 atom stereocenters. The molecule has 0 aliphatic heterocycles. The number of thioether (sulfide) groups is 1. The smallest absolute Gasteiger partial charge is 0.325 e. The molecule has 112 valence electrons. The van der Waals surface area contributed by atoms with Gasteiger partial charge in [0.15, 0.2) is 4.34 Å². The molecule has 1 aromatic carbocycles. The third-order valence-electron chi connectivity index (χ3n) is 2.55. The van der Waals surface area contributed by atoms with Gasteiger partial charge in [-0.15, -0.1) is 11.3 Å². The molecule has 0 spiro atoms. The van der Waals surface area contributed by atoms with Crippen LogP contribution in [0, 0.1) is 0 Å². The van der Waals surface area contributed by atoms with Crippen LogP contribution in [0.4, 0.5) is 18.9 Å². The Kier molecular flexibility index (Phi) is 4.89. The summed E-state index contributed by atoms with van der Waals surface area (Å²) >= 11 is 2.58. The SMILES string of the molecule is C[C@H](Sc1nccs1)C(=O)Nc1ccccc1C(F)(F)F. The molecule has 0 unspecified atom stereocenters. The summed E-state index contributed by atoms with van der Waals surface area (Å²) in [6, 6.07) is 4.91. The van der Waals surface area contributed by atoms with Gasteiger partial charge in [0.05, 0.1) is 16.5 Å². The molecule has 3 nitrogen and oxygen atoms in total. The number of nitrogens with zero attached hydrogens (tertiary/aromatic N) is 1. The number of rotatable bonds is 4. The summed E-state index contributed by atoms with van der Waals surface area (Å²) in [5.41, 5.74) is -1.09. The van der Waals surface area contributed by atoms with Crippen LogP contribution in [0.15, 0.2) is 40.2 Å². The van der Waals surface area contributed by atoms with Crippen molar-refractivity contribution in [3.8, 4) is 0 Å². The van der Waals surface area contributed by atoms with Gasteiger partial charge in [-0.3, -0.25) is 4.79 Å². The number of alkyl halides is 3. The van der Waals surface area contributed by atoms with Crippen LogP contribution >= 0.6 is 23.1 Å². The molecule has 8 heteroatoms. The number of aromatic nitrogens is 1. The summed E-state index contributed by atoms with van der Waals surface area (Å²) in [5, 5.41) is 3.55. The first-order valence-electron chi connectivity index (χ1n) is 5.91. The fraction of sp³-hybridized carbons (Fsp3) is 0.231. The molecule has 1 N–H and O–H groups in total. The Bertz CT molecular complexity index is 614. The van der Waals surface area contributed by atoms with Gasteiger partial charge in [-0.1, -0.05) is 23.9 Å². The zero-order valence-electron chi connectivity index (χ0n) is 10.8. The standard InChI is InChI=1S/C13H11F3N2OS2/c1-8(21-12-17-6-7-20-12)11(19)18-10-5-3-2-4-9(10)13(14,15)16/h2-8H,1H3,(H,18,19)/t8-/m0/s1. The van der Waals surface area contributed by atoms with Gasteiger partial charge in [-0.05, 0) is 19.1 Å². The zero-order chi connectivity index (χ0) is 15.5. The maximum Gasteiger partial charge on any atom is 0.418 e. The average Bonchev–Trinajstić information content (AvgIpc) is 2.91. The number of benzene rings is 1. The number of halogens is 3. The van der Waals surface area contributed by atoms with E-state index in [1.165, 1.54) is 41.3 Å². The number of carbonyl (C=O) groups excluding carboxylic acids is 1. The van der Waals surface area contributed by atoms with Crippen LogP contribution in [0.2, 0.25) is 0 Å². The van der Waals surface area contributed by atoms with Crippen molar-refractivity contribution in [3.63, 3.8) is 0 Å². The van der Waals surface area contributed by atoms with Crippen LogP contribution in [-0.4, -0.2) is 16.1 Å². The van der Waals surface area contributed by atoms with Gasteiger partial charge in [0, 0.05) is 11.6 Å². The van der Waals surface area contributed by atoms with Gasteiger partial charge >= 0.3 is 6.18 Å². The summed E-state index contributed by atoms with van der Waals surface area (Å²) < 4.78 is 39.2. The van der Waals surface area contributed by atoms with E-state index in [4.69, 9.17) is 0 Å². The fourth-order valence-electron chi connectivity index (χ4n) is 1.55. The van der Waals surface area contributed by atoms with E-state index in [1.54, 1.807) is 18.5 Å². The Balaban J connectivity index is 2.09. The predicted octanol–water partition coefficient (Wildman–Crippen LogP) is 4.28. The van der Waals surface area contributed by atoms with Crippen LogP contribution in [0.25, 0.3) is 0 Å². The minimum absolute atomic E-state index is 0.235. The van der Waals surface area contributed by atoms with Crippen molar-refractivity contribution < 1.29 is 18.0 Å². The Morgan fingerprint density at radius 1 is 1.38 bits per heavy atom. The van der Waals surface area contributed by atoms with Gasteiger partial charge in [0.1, 0.15) is 0 Å². The van der Waals surface area contributed by atoms with Crippen molar-refractivity contribution in [2.75, 3.05) is 5.32 Å². The van der Waals surface area contributed by atoms with E-state index < -0.39 is 22.9 Å². The molecule has 1 amide bonds. The number of hydrogen-bond acceptors (Lipinski definition) is 4. The lowest BCUT2D eigenvalue weighted by Crippen LogP contribution is -2.24.